The Labute approximate surface area is 303 Å². The summed E-state index contributed by atoms with van der Waals surface area (Å²) in [6.07, 6.45) is -2.09. The normalized spacial score (nSPS) is 15.0. The monoisotopic (exact) mass is 760 g/mol. The van der Waals surface area contributed by atoms with Gasteiger partial charge in [-0.05, 0) is 48.7 Å². The summed E-state index contributed by atoms with van der Waals surface area (Å²) >= 11 is 6.10. The van der Waals surface area contributed by atoms with Crippen molar-refractivity contribution in [2.45, 2.75) is 32.5 Å². The fraction of sp³-hybridized carbons (Fsp3) is 0.353. The van der Waals surface area contributed by atoms with Gasteiger partial charge in [0.05, 0.1) is 47.3 Å². The van der Waals surface area contributed by atoms with E-state index in [1.807, 2.05) is 0 Å². The molecule has 4 aromatic rings. The number of rotatable bonds is 9. The lowest BCUT2D eigenvalue weighted by molar-refractivity contribution is -0.137. The Bertz CT molecular complexity index is 2180. The molecule has 0 atom stereocenters. The van der Waals surface area contributed by atoms with E-state index in [-0.39, 0.29) is 60.6 Å². The zero-order valence-corrected chi connectivity index (χ0v) is 28.9. The third-order valence-electron chi connectivity index (χ3n) is 8.85. The van der Waals surface area contributed by atoms with Gasteiger partial charge < -0.3 is 34.8 Å². The highest BCUT2D eigenvalue weighted by Crippen LogP contribution is 2.34. The SMILES string of the molecule is CCc1c(N2CCN(C(=O)CNC(=O)c3cccc(O)c3F)CC2)c(=O)n2nc(C3=CCOCC3)nc2n1CC(=O)Nc1ccc(C(F)(F)F)cc1Cl. The average molecular weight is 761 g/mol. The number of halogens is 5. The van der Waals surface area contributed by atoms with E-state index in [0.717, 1.165) is 28.3 Å². The van der Waals surface area contributed by atoms with Gasteiger partial charge in [-0.1, -0.05) is 30.7 Å². The average Bonchev–Trinajstić information content (AvgIpc) is 3.60. The summed E-state index contributed by atoms with van der Waals surface area (Å²) in [6, 6.07) is 6.13. The van der Waals surface area contributed by atoms with Crippen molar-refractivity contribution >= 4 is 52.0 Å². The fourth-order valence-corrected chi connectivity index (χ4v) is 6.39. The van der Waals surface area contributed by atoms with Crippen LogP contribution in [0, 0.1) is 5.82 Å². The number of carbonyl (C=O) groups excluding carboxylic acids is 3. The molecule has 1 fully saturated rings. The maximum absolute atomic E-state index is 14.2. The van der Waals surface area contributed by atoms with E-state index in [4.69, 9.17) is 16.3 Å². The van der Waals surface area contributed by atoms with E-state index in [9.17, 15) is 41.8 Å². The predicted molar refractivity (Wildman–Crippen MR) is 184 cm³/mol. The van der Waals surface area contributed by atoms with Crippen LogP contribution in [0.1, 0.15) is 40.8 Å². The zero-order valence-electron chi connectivity index (χ0n) is 28.2. The molecule has 2 aliphatic heterocycles. The molecule has 2 aliphatic rings. The minimum absolute atomic E-state index is 0.0430. The smallest absolute Gasteiger partial charge is 0.416 e. The number of carbonyl (C=O) groups is 3. The molecule has 3 amide bonds. The quantitative estimate of drug-likeness (QED) is 0.217. The molecule has 0 unspecified atom stereocenters. The van der Waals surface area contributed by atoms with E-state index in [1.54, 1.807) is 17.9 Å². The summed E-state index contributed by atoms with van der Waals surface area (Å²) < 4.78 is 61.8. The maximum atomic E-state index is 14.2. The number of phenols is 1. The number of ether oxygens (including phenoxy) is 1. The number of aromatic nitrogens is 4. The summed E-state index contributed by atoms with van der Waals surface area (Å²) in [5.41, 5.74) is -0.549. The van der Waals surface area contributed by atoms with Crippen molar-refractivity contribution in [3.05, 3.63) is 86.3 Å². The van der Waals surface area contributed by atoms with E-state index < -0.39 is 65.2 Å². The molecule has 14 nitrogen and oxygen atoms in total. The second kappa shape index (κ2) is 15.2. The highest BCUT2D eigenvalue weighted by atomic mass is 35.5. The van der Waals surface area contributed by atoms with Crippen LogP contribution in [0.25, 0.3) is 11.4 Å². The number of hydrogen-bond acceptors (Lipinski definition) is 9. The van der Waals surface area contributed by atoms with Gasteiger partial charge in [0.2, 0.25) is 17.6 Å². The molecular weight excluding hydrogens is 728 g/mol. The first-order valence-electron chi connectivity index (χ1n) is 16.5. The van der Waals surface area contributed by atoms with Crippen LogP contribution in [0.15, 0.2) is 47.3 Å². The summed E-state index contributed by atoms with van der Waals surface area (Å²) in [6.45, 7) is 2.37. The van der Waals surface area contributed by atoms with E-state index in [2.05, 4.69) is 20.7 Å². The number of fused-ring (bicyclic) bond motifs is 1. The van der Waals surface area contributed by atoms with Crippen LogP contribution in [0.3, 0.4) is 0 Å². The summed E-state index contributed by atoms with van der Waals surface area (Å²) in [5, 5.41) is 18.7. The first-order chi connectivity index (χ1) is 25.3. The lowest BCUT2D eigenvalue weighted by atomic mass is 10.1. The number of benzene rings is 2. The summed E-state index contributed by atoms with van der Waals surface area (Å²) in [4.78, 5) is 60.9. The number of piperazine rings is 1. The molecule has 53 heavy (non-hydrogen) atoms. The van der Waals surface area contributed by atoms with E-state index in [1.165, 1.54) is 21.6 Å². The van der Waals surface area contributed by atoms with Crippen molar-refractivity contribution in [3.8, 4) is 5.75 Å². The van der Waals surface area contributed by atoms with E-state index in [0.29, 0.717) is 31.4 Å². The number of anilines is 2. The minimum atomic E-state index is -4.63. The summed E-state index contributed by atoms with van der Waals surface area (Å²) in [7, 11) is 0. The molecule has 280 valence electrons. The number of nitrogens with zero attached hydrogens (tertiary/aromatic N) is 6. The second-order valence-corrected chi connectivity index (χ2v) is 12.6. The topological polar surface area (TPSA) is 163 Å². The van der Waals surface area contributed by atoms with Gasteiger partial charge in [0.1, 0.15) is 12.2 Å². The standard InChI is InChI=1S/C34H33ClF4N8O6/c1-2-24-29(45-12-10-44(11-13-45)27(50)17-40-31(51)21-4-3-5-25(48)28(21)36)32(52)47-33(42-30(43-47)19-8-14-53-15-9-19)46(24)18-26(49)41-23-7-6-20(16-22(23)35)34(37,38)39/h3-8,16,48H,2,9-15,17-18H2,1H3,(H,40,51)(H,41,49). The molecule has 0 bridgehead atoms. The van der Waals surface area contributed by atoms with Crippen molar-refractivity contribution in [2.24, 2.45) is 0 Å². The molecular formula is C34H33ClF4N8O6. The maximum Gasteiger partial charge on any atom is 0.416 e. The number of alkyl halides is 3. The van der Waals surface area contributed by atoms with Crippen LogP contribution in [0.2, 0.25) is 5.02 Å². The second-order valence-electron chi connectivity index (χ2n) is 12.2. The molecule has 19 heteroatoms. The Balaban J connectivity index is 1.25. The zero-order chi connectivity index (χ0) is 38.0. The van der Waals surface area contributed by atoms with Gasteiger partial charge in [-0.25, -0.2) is 4.39 Å². The molecule has 6 rings (SSSR count). The molecule has 0 aliphatic carbocycles. The van der Waals surface area contributed by atoms with Crippen molar-refractivity contribution in [1.82, 2.24) is 29.4 Å². The number of nitrogens with one attached hydrogen (secondary N) is 2. The van der Waals surface area contributed by atoms with Gasteiger partial charge in [-0.15, -0.1) is 5.10 Å². The van der Waals surface area contributed by atoms with Gasteiger partial charge in [0.25, 0.3) is 11.5 Å². The highest BCUT2D eigenvalue weighted by Gasteiger charge is 2.32. The Hall–Kier alpha value is -5.49. The Kier molecular flexibility index (Phi) is 10.7. The number of hydrogen-bond donors (Lipinski definition) is 3. The van der Waals surface area contributed by atoms with Crippen molar-refractivity contribution in [3.63, 3.8) is 0 Å². The number of phenolic OH excluding ortho intramolecular Hbond substituents is 1. The van der Waals surface area contributed by atoms with Crippen molar-refractivity contribution < 1.29 is 41.8 Å². The third kappa shape index (κ3) is 7.83. The third-order valence-corrected chi connectivity index (χ3v) is 9.17. The predicted octanol–water partition coefficient (Wildman–Crippen LogP) is 3.49. The van der Waals surface area contributed by atoms with Gasteiger partial charge in [-0.2, -0.15) is 22.7 Å². The van der Waals surface area contributed by atoms with Crippen molar-refractivity contribution in [2.75, 3.05) is 56.2 Å². The Morgan fingerprint density at radius 1 is 1.09 bits per heavy atom. The van der Waals surface area contributed by atoms with Gasteiger partial charge >= 0.3 is 6.18 Å². The Morgan fingerprint density at radius 3 is 2.51 bits per heavy atom. The number of aromatic hydroxyl groups is 1. The molecule has 0 spiro atoms. The molecule has 2 aromatic heterocycles. The largest absolute Gasteiger partial charge is 0.505 e. The molecule has 4 heterocycles. The lowest BCUT2D eigenvalue weighted by Crippen LogP contribution is -2.52. The molecule has 0 saturated carbocycles. The fourth-order valence-electron chi connectivity index (χ4n) is 6.16. The first-order valence-corrected chi connectivity index (χ1v) is 16.9. The minimum Gasteiger partial charge on any atom is -0.505 e. The lowest BCUT2D eigenvalue weighted by Gasteiger charge is -2.36. The molecule has 1 saturated heterocycles. The number of amides is 3. The van der Waals surface area contributed by atoms with Crippen LogP contribution in [0.5, 0.6) is 5.75 Å². The van der Waals surface area contributed by atoms with Crippen molar-refractivity contribution in [1.29, 1.82) is 0 Å². The van der Waals surface area contributed by atoms with Gasteiger partial charge in [-0.3, -0.25) is 19.2 Å². The molecule has 0 radical (unpaired) electrons. The van der Waals surface area contributed by atoms with Crippen LogP contribution < -0.4 is 21.1 Å². The first kappa shape index (κ1) is 37.3. The van der Waals surface area contributed by atoms with Gasteiger partial charge in [0, 0.05) is 26.2 Å². The van der Waals surface area contributed by atoms with Crippen LogP contribution in [-0.4, -0.2) is 92.8 Å². The summed E-state index contributed by atoms with van der Waals surface area (Å²) in [5.74, 6) is -3.45. The van der Waals surface area contributed by atoms with Crippen LogP contribution in [-0.2, 0) is 33.5 Å². The highest BCUT2D eigenvalue weighted by molar-refractivity contribution is 6.33. The van der Waals surface area contributed by atoms with E-state index >= 15 is 0 Å². The Morgan fingerprint density at radius 2 is 1.85 bits per heavy atom. The van der Waals surface area contributed by atoms with Crippen LogP contribution >= 0.6 is 11.6 Å². The molecule has 2 aromatic carbocycles. The van der Waals surface area contributed by atoms with Crippen LogP contribution in [0.4, 0.5) is 28.9 Å². The van der Waals surface area contributed by atoms with Gasteiger partial charge in [0.15, 0.2) is 17.4 Å². The molecule has 3 N–H and O–H groups in total.